The van der Waals surface area contributed by atoms with E-state index >= 15 is 0 Å². The number of alkyl halides is 3. The Morgan fingerprint density at radius 2 is 1.88 bits per heavy atom. The molecule has 1 fully saturated rings. The van der Waals surface area contributed by atoms with Gasteiger partial charge in [0, 0.05) is 10.9 Å². The molecule has 1 amide bonds. The highest BCUT2D eigenvalue weighted by molar-refractivity contribution is 8.00. The molecule has 0 aromatic heterocycles. The van der Waals surface area contributed by atoms with E-state index in [0.29, 0.717) is 6.42 Å². The van der Waals surface area contributed by atoms with E-state index in [0.717, 1.165) is 12.1 Å². The van der Waals surface area contributed by atoms with Crippen molar-refractivity contribution >= 4 is 33.5 Å². The van der Waals surface area contributed by atoms with E-state index in [1.807, 2.05) is 0 Å². The summed E-state index contributed by atoms with van der Waals surface area (Å²) < 4.78 is 64.5. The van der Waals surface area contributed by atoms with Crippen LogP contribution >= 0.6 is 11.8 Å². The third kappa shape index (κ3) is 6.20. The smallest absolute Gasteiger partial charge is 0.446 e. The van der Waals surface area contributed by atoms with Gasteiger partial charge in [0.1, 0.15) is 0 Å². The summed E-state index contributed by atoms with van der Waals surface area (Å²) in [6, 6.07) is 4.08. The molecule has 1 aliphatic rings. The molecule has 1 aromatic rings. The van der Waals surface area contributed by atoms with Crippen LogP contribution in [0.2, 0.25) is 0 Å². The minimum atomic E-state index is -4.43. The van der Waals surface area contributed by atoms with Gasteiger partial charge in [-0.1, -0.05) is 0 Å². The maximum atomic E-state index is 12.3. The average Bonchev–Trinajstić information content (AvgIpc) is 2.85. The van der Waals surface area contributed by atoms with Crippen LogP contribution in [-0.4, -0.2) is 49.5 Å². The van der Waals surface area contributed by atoms with E-state index in [1.165, 1.54) is 19.1 Å². The Labute approximate surface area is 152 Å². The third-order valence-corrected chi connectivity index (χ3v) is 6.06. The monoisotopic (exact) mass is 411 g/mol. The van der Waals surface area contributed by atoms with Crippen LogP contribution in [0.5, 0.6) is 0 Å². The SMILES string of the molecule is C[C@H](OC(=O)c1ccc(SC(F)(F)F)cc1)C(=O)N[C@@H]1CCS(=O)(=O)C1. The fourth-order valence-corrected chi connectivity index (χ4v) is 4.51. The highest BCUT2D eigenvalue weighted by Gasteiger charge is 2.31. The molecule has 1 heterocycles. The summed E-state index contributed by atoms with van der Waals surface area (Å²) >= 11 is -0.308. The number of amides is 1. The maximum absolute atomic E-state index is 12.3. The molecule has 0 saturated carbocycles. The molecule has 26 heavy (non-hydrogen) atoms. The van der Waals surface area contributed by atoms with Crippen LogP contribution in [-0.2, 0) is 19.4 Å². The van der Waals surface area contributed by atoms with Gasteiger partial charge in [-0.2, -0.15) is 13.2 Å². The van der Waals surface area contributed by atoms with Gasteiger partial charge in [-0.25, -0.2) is 13.2 Å². The number of esters is 1. The topological polar surface area (TPSA) is 89.5 Å². The predicted octanol–water partition coefficient (Wildman–Crippen LogP) is 2.15. The number of hydrogen-bond donors (Lipinski definition) is 1. The quantitative estimate of drug-likeness (QED) is 0.590. The second kappa shape index (κ2) is 7.87. The second-order valence-electron chi connectivity index (χ2n) is 5.73. The summed E-state index contributed by atoms with van der Waals surface area (Å²) in [4.78, 5) is 23.9. The number of nitrogens with one attached hydrogen (secondary N) is 1. The summed E-state index contributed by atoms with van der Waals surface area (Å²) in [6.45, 7) is 1.32. The summed E-state index contributed by atoms with van der Waals surface area (Å²) in [5.41, 5.74) is -4.43. The number of benzene rings is 1. The predicted molar refractivity (Wildman–Crippen MR) is 88.4 cm³/mol. The van der Waals surface area contributed by atoms with Crippen molar-refractivity contribution in [2.24, 2.45) is 0 Å². The van der Waals surface area contributed by atoms with Crippen LogP contribution in [0.15, 0.2) is 29.2 Å². The van der Waals surface area contributed by atoms with Crippen molar-refractivity contribution < 1.29 is 35.9 Å². The molecule has 1 N–H and O–H groups in total. The number of halogens is 3. The van der Waals surface area contributed by atoms with Crippen LogP contribution in [0.4, 0.5) is 13.2 Å². The molecule has 2 atom stereocenters. The zero-order valence-electron chi connectivity index (χ0n) is 13.6. The lowest BCUT2D eigenvalue weighted by Gasteiger charge is -2.16. The van der Waals surface area contributed by atoms with E-state index < -0.39 is 39.4 Å². The van der Waals surface area contributed by atoms with Crippen LogP contribution in [0, 0.1) is 0 Å². The minimum Gasteiger partial charge on any atom is -0.449 e. The van der Waals surface area contributed by atoms with E-state index in [2.05, 4.69) is 5.32 Å². The zero-order valence-corrected chi connectivity index (χ0v) is 15.2. The molecule has 11 heteroatoms. The van der Waals surface area contributed by atoms with Gasteiger partial charge in [0.05, 0.1) is 17.1 Å². The van der Waals surface area contributed by atoms with E-state index in [1.54, 1.807) is 0 Å². The van der Waals surface area contributed by atoms with Gasteiger partial charge in [0.15, 0.2) is 15.9 Å². The normalized spacial score (nSPS) is 20.4. The van der Waals surface area contributed by atoms with Gasteiger partial charge >= 0.3 is 11.5 Å². The molecule has 0 bridgehead atoms. The number of carbonyl (C=O) groups excluding carboxylic acids is 2. The third-order valence-electron chi connectivity index (χ3n) is 3.56. The second-order valence-corrected chi connectivity index (χ2v) is 9.10. The Bertz CT molecular complexity index is 777. The number of thioether (sulfide) groups is 1. The van der Waals surface area contributed by atoms with E-state index in [9.17, 15) is 31.2 Å². The lowest BCUT2D eigenvalue weighted by Crippen LogP contribution is -2.42. The van der Waals surface area contributed by atoms with Crippen LogP contribution in [0.1, 0.15) is 23.7 Å². The number of hydrogen-bond acceptors (Lipinski definition) is 6. The minimum absolute atomic E-state index is 0.000353. The first kappa shape index (κ1) is 20.6. The number of ether oxygens (including phenoxy) is 1. The molecule has 6 nitrogen and oxygen atoms in total. The van der Waals surface area contributed by atoms with Crippen LogP contribution in [0.3, 0.4) is 0 Å². The lowest BCUT2D eigenvalue weighted by molar-refractivity contribution is -0.129. The summed E-state index contributed by atoms with van der Waals surface area (Å²) in [5, 5.41) is 2.50. The van der Waals surface area contributed by atoms with Crippen molar-refractivity contribution in [3.63, 3.8) is 0 Å². The number of carbonyl (C=O) groups is 2. The molecular weight excluding hydrogens is 395 g/mol. The highest BCUT2D eigenvalue weighted by Crippen LogP contribution is 2.36. The fraction of sp³-hybridized carbons (Fsp3) is 0.467. The van der Waals surface area contributed by atoms with Gasteiger partial charge in [0.25, 0.3) is 5.91 Å². The molecule has 1 saturated heterocycles. The first-order chi connectivity index (χ1) is 12.0. The van der Waals surface area contributed by atoms with E-state index in [-0.39, 0.29) is 33.7 Å². The largest absolute Gasteiger partial charge is 0.449 e. The van der Waals surface area contributed by atoms with Gasteiger partial charge < -0.3 is 10.1 Å². The van der Waals surface area contributed by atoms with Crippen LogP contribution < -0.4 is 5.32 Å². The molecule has 0 aliphatic carbocycles. The zero-order chi connectivity index (χ0) is 19.5. The Kier molecular flexibility index (Phi) is 6.22. The Hall–Kier alpha value is -1.75. The fourth-order valence-electron chi connectivity index (χ4n) is 2.30. The summed E-state index contributed by atoms with van der Waals surface area (Å²) in [6.07, 6.45) is -0.873. The summed E-state index contributed by atoms with van der Waals surface area (Å²) in [7, 11) is -3.15. The molecule has 1 aromatic carbocycles. The van der Waals surface area contributed by atoms with Gasteiger partial charge in [-0.3, -0.25) is 4.79 Å². The van der Waals surface area contributed by atoms with Crippen molar-refractivity contribution in [1.29, 1.82) is 0 Å². The van der Waals surface area contributed by atoms with Crippen molar-refractivity contribution in [2.45, 2.75) is 35.9 Å². The van der Waals surface area contributed by atoms with Crippen molar-refractivity contribution in [1.82, 2.24) is 5.32 Å². The maximum Gasteiger partial charge on any atom is 0.446 e. The van der Waals surface area contributed by atoms with Gasteiger partial charge in [-0.15, -0.1) is 0 Å². The molecule has 0 spiro atoms. The molecule has 0 unspecified atom stereocenters. The van der Waals surface area contributed by atoms with E-state index in [4.69, 9.17) is 4.74 Å². The molecule has 2 rings (SSSR count). The van der Waals surface area contributed by atoms with Crippen molar-refractivity contribution in [3.05, 3.63) is 29.8 Å². The summed E-state index contributed by atoms with van der Waals surface area (Å²) in [5.74, 6) is -1.66. The molecule has 144 valence electrons. The van der Waals surface area contributed by atoms with Crippen LogP contribution in [0.25, 0.3) is 0 Å². The average molecular weight is 411 g/mol. The van der Waals surface area contributed by atoms with Gasteiger partial charge in [0.2, 0.25) is 0 Å². The van der Waals surface area contributed by atoms with Gasteiger partial charge in [-0.05, 0) is 49.4 Å². The Morgan fingerprint density at radius 3 is 2.38 bits per heavy atom. The Balaban J connectivity index is 1.89. The molecule has 0 radical (unpaired) electrons. The molecular formula is C15H16F3NO5S2. The van der Waals surface area contributed by atoms with Crippen molar-refractivity contribution in [3.8, 4) is 0 Å². The standard InChI is InChI=1S/C15H16F3NO5S2/c1-9(13(20)19-11-6-7-26(22,23)8-11)24-14(21)10-2-4-12(5-3-10)25-15(16,17)18/h2-5,9,11H,6-8H2,1H3,(H,19,20)/t9-,11+/m0/s1. The molecule has 1 aliphatic heterocycles. The van der Waals surface area contributed by atoms with Crippen molar-refractivity contribution in [2.75, 3.05) is 11.5 Å². The first-order valence-corrected chi connectivity index (χ1v) is 10.2. The number of rotatable bonds is 5. The first-order valence-electron chi connectivity index (χ1n) is 7.53. The Morgan fingerprint density at radius 1 is 1.27 bits per heavy atom. The highest BCUT2D eigenvalue weighted by atomic mass is 32.2. The lowest BCUT2D eigenvalue weighted by atomic mass is 10.2. The number of sulfone groups is 1.